The van der Waals surface area contributed by atoms with Gasteiger partial charge < -0.3 is 0 Å². The lowest BCUT2D eigenvalue weighted by molar-refractivity contribution is -0.141. The summed E-state index contributed by atoms with van der Waals surface area (Å²) < 4.78 is 0. The first-order chi connectivity index (χ1) is 6.74. The zero-order chi connectivity index (χ0) is 10.1. The summed E-state index contributed by atoms with van der Waals surface area (Å²) in [5.41, 5.74) is 0. The first-order valence-electron chi connectivity index (χ1n) is 4.90. The molecule has 2 aliphatic heterocycles. The Hall–Kier alpha value is -1.39. The molecule has 0 radical (unpaired) electrons. The summed E-state index contributed by atoms with van der Waals surface area (Å²) in [5, 5.41) is 2.67. The number of aliphatic imine (C=N–C) groups is 1. The Kier molecular flexibility index (Phi) is 2.23. The van der Waals surface area contributed by atoms with Gasteiger partial charge in [0.25, 0.3) is 0 Å². The lowest BCUT2D eigenvalue weighted by atomic mass is 10.0. The highest BCUT2D eigenvalue weighted by Crippen LogP contribution is 2.16. The minimum Gasteiger partial charge on any atom is -0.296 e. The Bertz CT molecular complexity index is 311. The summed E-state index contributed by atoms with van der Waals surface area (Å²) in [6, 6.07) is 0. The average molecular weight is 195 g/mol. The highest BCUT2D eigenvalue weighted by molar-refractivity contribution is 6.17. The van der Waals surface area contributed by atoms with Crippen molar-refractivity contribution in [2.75, 3.05) is 13.1 Å². The molecule has 0 aromatic carbocycles. The molecule has 1 atom stereocenters. The van der Waals surface area contributed by atoms with Gasteiger partial charge in [0.2, 0.25) is 17.8 Å². The molecule has 2 aliphatic rings. The first-order valence-corrected chi connectivity index (χ1v) is 4.90. The van der Waals surface area contributed by atoms with E-state index >= 15 is 0 Å². The molecule has 0 spiro atoms. The third-order valence-electron chi connectivity index (χ3n) is 2.58. The van der Waals surface area contributed by atoms with Crippen LogP contribution in [0.4, 0.5) is 0 Å². The van der Waals surface area contributed by atoms with Gasteiger partial charge in [0.15, 0.2) is 0 Å². The Balaban J connectivity index is 2.26. The van der Waals surface area contributed by atoms with Crippen molar-refractivity contribution < 1.29 is 9.59 Å². The van der Waals surface area contributed by atoms with Gasteiger partial charge in [0, 0.05) is 13.1 Å². The van der Waals surface area contributed by atoms with E-state index in [9.17, 15) is 9.59 Å². The van der Waals surface area contributed by atoms with Crippen LogP contribution in [0.1, 0.15) is 19.8 Å². The molecule has 0 saturated carbocycles. The van der Waals surface area contributed by atoms with Gasteiger partial charge in [-0.25, -0.2) is 0 Å². The fraction of sp³-hybridized carbons (Fsp3) is 0.667. The second-order valence-corrected chi connectivity index (χ2v) is 3.50. The number of hydrogen-bond donors (Lipinski definition) is 1. The number of carbonyl (C=O) groups excluding carboxylic acids is 2. The van der Waals surface area contributed by atoms with Crippen molar-refractivity contribution in [2.24, 2.45) is 10.9 Å². The number of carbonyl (C=O) groups is 2. The Labute approximate surface area is 82.2 Å². The molecule has 1 N–H and O–H groups in total. The zero-order valence-corrected chi connectivity index (χ0v) is 8.12. The van der Waals surface area contributed by atoms with Gasteiger partial charge in [-0.3, -0.25) is 24.8 Å². The maximum Gasteiger partial charge on any atom is 0.241 e. The maximum atomic E-state index is 11.8. The molecule has 1 saturated heterocycles. The first kappa shape index (κ1) is 9.18. The van der Waals surface area contributed by atoms with Crippen LogP contribution in [-0.2, 0) is 9.59 Å². The van der Waals surface area contributed by atoms with Crippen LogP contribution in [0.2, 0.25) is 0 Å². The van der Waals surface area contributed by atoms with E-state index in [4.69, 9.17) is 0 Å². The van der Waals surface area contributed by atoms with Crippen LogP contribution in [-0.4, -0.2) is 35.8 Å². The van der Waals surface area contributed by atoms with Crippen LogP contribution in [0.5, 0.6) is 0 Å². The Morgan fingerprint density at radius 3 is 3.07 bits per heavy atom. The molecule has 0 aromatic rings. The molecule has 14 heavy (non-hydrogen) atoms. The number of hydrogen-bond acceptors (Lipinski definition) is 3. The SMILES string of the molecule is CCC1C(=O)NC2=NCCCN2C1=O. The van der Waals surface area contributed by atoms with Crippen molar-refractivity contribution in [3.8, 4) is 0 Å². The van der Waals surface area contributed by atoms with Crippen LogP contribution in [0.15, 0.2) is 4.99 Å². The summed E-state index contributed by atoms with van der Waals surface area (Å²) in [6.07, 6.45) is 1.43. The summed E-state index contributed by atoms with van der Waals surface area (Å²) >= 11 is 0. The highest BCUT2D eigenvalue weighted by Gasteiger charge is 2.38. The molecule has 0 bridgehead atoms. The number of guanidine groups is 1. The van der Waals surface area contributed by atoms with Gasteiger partial charge >= 0.3 is 0 Å². The van der Waals surface area contributed by atoms with Crippen LogP contribution < -0.4 is 5.32 Å². The van der Waals surface area contributed by atoms with E-state index in [2.05, 4.69) is 10.3 Å². The van der Waals surface area contributed by atoms with Gasteiger partial charge in [0.1, 0.15) is 5.92 Å². The zero-order valence-electron chi connectivity index (χ0n) is 8.12. The van der Waals surface area contributed by atoms with E-state index in [1.54, 1.807) is 4.90 Å². The van der Waals surface area contributed by atoms with Crippen molar-refractivity contribution >= 4 is 17.8 Å². The van der Waals surface area contributed by atoms with Crippen molar-refractivity contribution in [2.45, 2.75) is 19.8 Å². The molecule has 0 aromatic heterocycles. The topological polar surface area (TPSA) is 61.8 Å². The number of fused-ring (bicyclic) bond motifs is 1. The molecule has 76 valence electrons. The Morgan fingerprint density at radius 1 is 1.57 bits per heavy atom. The average Bonchev–Trinajstić information content (AvgIpc) is 2.18. The van der Waals surface area contributed by atoms with Crippen LogP contribution in [0.3, 0.4) is 0 Å². The largest absolute Gasteiger partial charge is 0.296 e. The second-order valence-electron chi connectivity index (χ2n) is 3.50. The third kappa shape index (κ3) is 1.29. The van der Waals surface area contributed by atoms with E-state index in [0.29, 0.717) is 25.5 Å². The molecule has 0 aliphatic carbocycles. The molecule has 5 nitrogen and oxygen atoms in total. The molecular weight excluding hydrogens is 182 g/mol. The minimum absolute atomic E-state index is 0.102. The van der Waals surface area contributed by atoms with Gasteiger partial charge in [-0.05, 0) is 12.8 Å². The molecule has 2 heterocycles. The summed E-state index contributed by atoms with van der Waals surface area (Å²) in [6.45, 7) is 3.21. The van der Waals surface area contributed by atoms with Crippen molar-refractivity contribution in [1.29, 1.82) is 0 Å². The predicted molar refractivity (Wildman–Crippen MR) is 50.6 cm³/mol. The van der Waals surface area contributed by atoms with E-state index < -0.39 is 5.92 Å². The lowest BCUT2D eigenvalue weighted by Gasteiger charge is -2.34. The van der Waals surface area contributed by atoms with Crippen molar-refractivity contribution in [1.82, 2.24) is 10.2 Å². The van der Waals surface area contributed by atoms with Crippen LogP contribution in [0, 0.1) is 5.92 Å². The molecule has 1 fully saturated rings. The van der Waals surface area contributed by atoms with Crippen LogP contribution in [0.25, 0.3) is 0 Å². The minimum atomic E-state index is -0.521. The fourth-order valence-corrected chi connectivity index (χ4v) is 1.78. The molecule has 2 rings (SSSR count). The van der Waals surface area contributed by atoms with E-state index in [1.165, 1.54) is 0 Å². The molecular formula is C9H13N3O2. The quantitative estimate of drug-likeness (QED) is 0.585. The van der Waals surface area contributed by atoms with Gasteiger partial charge in [0.05, 0.1) is 0 Å². The number of nitrogens with one attached hydrogen (secondary N) is 1. The van der Waals surface area contributed by atoms with E-state index in [0.717, 1.165) is 6.42 Å². The molecule has 2 amide bonds. The second kappa shape index (κ2) is 3.40. The normalized spacial score (nSPS) is 26.8. The number of rotatable bonds is 1. The highest BCUT2D eigenvalue weighted by atomic mass is 16.2. The molecule has 1 unspecified atom stereocenters. The monoisotopic (exact) mass is 195 g/mol. The van der Waals surface area contributed by atoms with Crippen molar-refractivity contribution in [3.63, 3.8) is 0 Å². The van der Waals surface area contributed by atoms with E-state index in [-0.39, 0.29) is 11.8 Å². The summed E-state index contributed by atoms with van der Waals surface area (Å²) in [5.74, 6) is -0.396. The third-order valence-corrected chi connectivity index (χ3v) is 2.58. The summed E-state index contributed by atoms with van der Waals surface area (Å²) in [4.78, 5) is 28.9. The van der Waals surface area contributed by atoms with Crippen molar-refractivity contribution in [3.05, 3.63) is 0 Å². The number of amides is 2. The summed E-state index contributed by atoms with van der Waals surface area (Å²) in [7, 11) is 0. The molecule has 5 heteroatoms. The smallest absolute Gasteiger partial charge is 0.241 e. The van der Waals surface area contributed by atoms with Gasteiger partial charge in [-0.1, -0.05) is 6.92 Å². The maximum absolute atomic E-state index is 11.8. The van der Waals surface area contributed by atoms with Gasteiger partial charge in [-0.15, -0.1) is 0 Å². The van der Waals surface area contributed by atoms with Gasteiger partial charge in [-0.2, -0.15) is 0 Å². The lowest BCUT2D eigenvalue weighted by Crippen LogP contribution is -2.59. The fourth-order valence-electron chi connectivity index (χ4n) is 1.78. The standard InChI is InChI=1S/C9H13N3O2/c1-2-6-7(13)11-9-10-4-3-5-12(9)8(6)14/h6H,2-5H2,1H3,(H,10,11,13). The predicted octanol–water partition coefficient (Wildman–Crippen LogP) is -0.269. The van der Waals surface area contributed by atoms with E-state index in [1.807, 2.05) is 6.92 Å². The van der Waals surface area contributed by atoms with Crippen LogP contribution >= 0.6 is 0 Å². The number of nitrogens with zero attached hydrogens (tertiary/aromatic N) is 2. The Morgan fingerprint density at radius 2 is 2.36 bits per heavy atom.